The average molecular weight is 251 g/mol. The summed E-state index contributed by atoms with van der Waals surface area (Å²) in [6, 6.07) is 3.99. The normalized spacial score (nSPS) is 10.4. The Morgan fingerprint density at radius 1 is 1.24 bits per heavy atom. The smallest absolute Gasteiger partial charge is 0.294 e. The summed E-state index contributed by atoms with van der Waals surface area (Å²) in [4.78, 5) is 3.96. The van der Waals surface area contributed by atoms with Gasteiger partial charge >= 0.3 is 0 Å². The first-order valence-electron chi connectivity index (χ1n) is 5.33. The third kappa shape index (κ3) is 3.76. The minimum Gasteiger partial charge on any atom is -0.469 e. The van der Waals surface area contributed by atoms with Crippen molar-refractivity contribution in [3.05, 3.63) is 35.1 Å². The van der Waals surface area contributed by atoms with E-state index in [1.165, 1.54) is 16.9 Å². The Morgan fingerprint density at radius 3 is 2.76 bits per heavy atom. The highest BCUT2D eigenvalue weighted by molar-refractivity contribution is 7.13. The first-order chi connectivity index (χ1) is 8.38. The molecule has 0 aliphatic rings. The van der Waals surface area contributed by atoms with Gasteiger partial charge in [0.2, 0.25) is 0 Å². The van der Waals surface area contributed by atoms with E-state index < -0.39 is 0 Å². The number of aliphatic hydroxyl groups is 1. The van der Waals surface area contributed by atoms with E-state index in [0.29, 0.717) is 16.8 Å². The Hall–Kier alpha value is -1.53. The molecule has 0 saturated heterocycles. The van der Waals surface area contributed by atoms with Crippen molar-refractivity contribution in [2.45, 2.75) is 19.4 Å². The second kappa shape index (κ2) is 6.27. The number of hydrogen-bond acceptors (Lipinski definition) is 6. The zero-order chi connectivity index (χ0) is 11.9. The highest BCUT2D eigenvalue weighted by Crippen LogP contribution is 2.17. The SMILES string of the molecule is OCc1nnc(OCCCc2ccncc2)s1. The van der Waals surface area contributed by atoms with Crippen LogP contribution in [0.4, 0.5) is 0 Å². The van der Waals surface area contributed by atoms with Crippen molar-refractivity contribution in [2.24, 2.45) is 0 Å². The van der Waals surface area contributed by atoms with E-state index in [-0.39, 0.29) is 6.61 Å². The van der Waals surface area contributed by atoms with Gasteiger partial charge in [0.15, 0.2) is 0 Å². The predicted octanol–water partition coefficient (Wildman–Crippen LogP) is 1.44. The predicted molar refractivity (Wildman–Crippen MR) is 63.9 cm³/mol. The van der Waals surface area contributed by atoms with Crippen molar-refractivity contribution in [1.29, 1.82) is 0 Å². The monoisotopic (exact) mass is 251 g/mol. The molecule has 0 amide bonds. The molecule has 0 aliphatic carbocycles. The van der Waals surface area contributed by atoms with Crippen LogP contribution in [-0.2, 0) is 13.0 Å². The molecule has 0 radical (unpaired) electrons. The molecule has 0 bridgehead atoms. The maximum absolute atomic E-state index is 8.82. The molecular weight excluding hydrogens is 238 g/mol. The molecule has 5 nitrogen and oxygen atoms in total. The quantitative estimate of drug-likeness (QED) is 0.787. The summed E-state index contributed by atoms with van der Waals surface area (Å²) in [5, 5.41) is 17.5. The molecule has 0 saturated carbocycles. The Balaban J connectivity index is 1.69. The molecule has 6 heteroatoms. The van der Waals surface area contributed by atoms with Crippen LogP contribution in [0.25, 0.3) is 0 Å². The standard InChI is InChI=1S/C11H13N3O2S/c15-8-10-13-14-11(17-10)16-7-1-2-9-3-5-12-6-4-9/h3-6,15H,1-2,7-8H2. The molecule has 2 aromatic rings. The summed E-state index contributed by atoms with van der Waals surface area (Å²) in [5.41, 5.74) is 1.25. The van der Waals surface area contributed by atoms with Crippen LogP contribution in [0.5, 0.6) is 5.19 Å². The fourth-order valence-corrected chi connectivity index (χ4v) is 1.92. The highest BCUT2D eigenvalue weighted by atomic mass is 32.1. The van der Waals surface area contributed by atoms with Crippen LogP contribution >= 0.6 is 11.3 Å². The second-order valence-electron chi connectivity index (χ2n) is 3.43. The van der Waals surface area contributed by atoms with Gasteiger partial charge in [-0.05, 0) is 30.5 Å². The lowest BCUT2D eigenvalue weighted by Crippen LogP contribution is -1.99. The molecule has 0 fully saturated rings. The molecule has 2 rings (SSSR count). The third-order valence-electron chi connectivity index (χ3n) is 2.17. The minimum absolute atomic E-state index is 0.0853. The van der Waals surface area contributed by atoms with E-state index in [0.717, 1.165) is 12.8 Å². The largest absolute Gasteiger partial charge is 0.469 e. The zero-order valence-corrected chi connectivity index (χ0v) is 10.1. The fraction of sp³-hybridized carbons (Fsp3) is 0.364. The highest BCUT2D eigenvalue weighted by Gasteiger charge is 2.03. The summed E-state index contributed by atoms with van der Waals surface area (Å²) >= 11 is 1.27. The number of aryl methyl sites for hydroxylation is 1. The Kier molecular flexibility index (Phi) is 4.40. The molecule has 0 aliphatic heterocycles. The summed E-state index contributed by atoms with van der Waals surface area (Å²) in [6.07, 6.45) is 5.44. The molecule has 2 aromatic heterocycles. The van der Waals surface area contributed by atoms with E-state index >= 15 is 0 Å². The molecule has 17 heavy (non-hydrogen) atoms. The molecule has 90 valence electrons. The molecule has 0 aromatic carbocycles. The third-order valence-corrected chi connectivity index (χ3v) is 2.99. The van der Waals surface area contributed by atoms with Crippen molar-refractivity contribution in [3.63, 3.8) is 0 Å². The fourth-order valence-electron chi connectivity index (χ4n) is 1.35. The first-order valence-corrected chi connectivity index (χ1v) is 6.15. The number of pyridine rings is 1. The van der Waals surface area contributed by atoms with Gasteiger partial charge in [-0.2, -0.15) is 0 Å². The molecule has 1 N–H and O–H groups in total. The lowest BCUT2D eigenvalue weighted by atomic mass is 10.1. The second-order valence-corrected chi connectivity index (χ2v) is 4.45. The summed E-state index contributed by atoms with van der Waals surface area (Å²) < 4.78 is 5.43. The van der Waals surface area contributed by atoms with Crippen molar-refractivity contribution >= 4 is 11.3 Å². The summed E-state index contributed by atoms with van der Waals surface area (Å²) in [7, 11) is 0. The van der Waals surface area contributed by atoms with Crippen LogP contribution in [0.3, 0.4) is 0 Å². The van der Waals surface area contributed by atoms with Crippen LogP contribution in [0.1, 0.15) is 17.0 Å². The summed E-state index contributed by atoms with van der Waals surface area (Å²) in [6.45, 7) is 0.514. The van der Waals surface area contributed by atoms with E-state index in [1.54, 1.807) is 12.4 Å². The van der Waals surface area contributed by atoms with Gasteiger partial charge in [0.25, 0.3) is 5.19 Å². The van der Waals surface area contributed by atoms with Gasteiger partial charge in [-0.15, -0.1) is 5.10 Å². The van der Waals surface area contributed by atoms with Gasteiger partial charge in [-0.25, -0.2) is 0 Å². The first kappa shape index (κ1) is 11.9. The van der Waals surface area contributed by atoms with Gasteiger partial charge in [0, 0.05) is 12.4 Å². The Morgan fingerprint density at radius 2 is 2.06 bits per heavy atom. The molecule has 0 atom stereocenters. The Labute approximate surface area is 103 Å². The number of aliphatic hydroxyl groups excluding tert-OH is 1. The minimum atomic E-state index is -0.0853. The van der Waals surface area contributed by atoms with Crippen LogP contribution in [0.15, 0.2) is 24.5 Å². The van der Waals surface area contributed by atoms with Crippen LogP contribution in [0, 0.1) is 0 Å². The van der Waals surface area contributed by atoms with Crippen molar-refractivity contribution in [2.75, 3.05) is 6.61 Å². The number of hydrogen-bond donors (Lipinski definition) is 1. The van der Waals surface area contributed by atoms with Crippen LogP contribution in [0.2, 0.25) is 0 Å². The van der Waals surface area contributed by atoms with Crippen molar-refractivity contribution < 1.29 is 9.84 Å². The van der Waals surface area contributed by atoms with E-state index in [9.17, 15) is 0 Å². The maximum atomic E-state index is 8.82. The van der Waals surface area contributed by atoms with E-state index in [4.69, 9.17) is 9.84 Å². The van der Waals surface area contributed by atoms with Gasteiger partial charge in [-0.1, -0.05) is 16.4 Å². The van der Waals surface area contributed by atoms with Crippen LogP contribution in [-0.4, -0.2) is 26.9 Å². The molecular formula is C11H13N3O2S. The van der Waals surface area contributed by atoms with Gasteiger partial charge in [0.05, 0.1) is 13.2 Å². The summed E-state index contributed by atoms with van der Waals surface area (Å²) in [5.74, 6) is 0. The molecule has 0 spiro atoms. The van der Waals surface area contributed by atoms with Gasteiger partial charge in [-0.3, -0.25) is 4.98 Å². The lowest BCUT2D eigenvalue weighted by molar-refractivity contribution is 0.280. The van der Waals surface area contributed by atoms with Crippen molar-refractivity contribution in [3.8, 4) is 5.19 Å². The molecule has 0 unspecified atom stereocenters. The van der Waals surface area contributed by atoms with Gasteiger partial charge < -0.3 is 9.84 Å². The number of ether oxygens (including phenoxy) is 1. The number of rotatable bonds is 6. The van der Waals surface area contributed by atoms with Crippen molar-refractivity contribution in [1.82, 2.24) is 15.2 Å². The van der Waals surface area contributed by atoms with E-state index in [1.807, 2.05) is 12.1 Å². The zero-order valence-electron chi connectivity index (χ0n) is 9.24. The van der Waals surface area contributed by atoms with Crippen LogP contribution < -0.4 is 4.74 Å². The lowest BCUT2D eigenvalue weighted by Gasteiger charge is -2.01. The average Bonchev–Trinajstić information content (AvgIpc) is 2.84. The van der Waals surface area contributed by atoms with Gasteiger partial charge in [0.1, 0.15) is 5.01 Å². The maximum Gasteiger partial charge on any atom is 0.294 e. The number of nitrogens with zero attached hydrogens (tertiary/aromatic N) is 3. The topological polar surface area (TPSA) is 68.1 Å². The Bertz CT molecular complexity index is 447. The number of aromatic nitrogens is 3. The molecule has 2 heterocycles. The van der Waals surface area contributed by atoms with E-state index in [2.05, 4.69) is 15.2 Å².